The highest BCUT2D eigenvalue weighted by atomic mass is 35.5. The first-order valence-electron chi connectivity index (χ1n) is 11.4. The van der Waals surface area contributed by atoms with Crippen molar-refractivity contribution in [3.8, 4) is 11.5 Å². The molecule has 0 amide bonds. The Bertz CT molecular complexity index is 910. The molecule has 2 aliphatic heterocycles. The summed E-state index contributed by atoms with van der Waals surface area (Å²) in [5.74, 6) is 0.230. The molecule has 5 atom stereocenters. The number of phenols is 1. The van der Waals surface area contributed by atoms with Gasteiger partial charge in [-0.1, -0.05) is 12.5 Å². The maximum atomic E-state index is 12.2. The Kier molecular flexibility index (Phi) is 3.18. The smallest absolute Gasteiger partial charge is 0.165 e. The first-order chi connectivity index (χ1) is 13.6. The van der Waals surface area contributed by atoms with Crippen molar-refractivity contribution in [2.45, 2.75) is 74.2 Å². The number of aromatic hydroxyl groups is 1. The summed E-state index contributed by atoms with van der Waals surface area (Å²) in [6.45, 7) is -1.07. The highest BCUT2D eigenvalue weighted by Gasteiger charge is 2.72. The van der Waals surface area contributed by atoms with Gasteiger partial charge in [-0.25, -0.2) is 0 Å². The van der Waals surface area contributed by atoms with Crippen LogP contribution in [0.25, 0.3) is 0 Å². The third-order valence-electron chi connectivity index (χ3n) is 7.73. The summed E-state index contributed by atoms with van der Waals surface area (Å²) in [6.07, 6.45) is 1.06. The summed E-state index contributed by atoms with van der Waals surface area (Å²) >= 11 is 0. The number of piperidine rings is 1. The van der Waals surface area contributed by atoms with Crippen LogP contribution in [-0.2, 0) is 11.8 Å². The minimum atomic E-state index is -1.87. The Morgan fingerprint density at radius 2 is 2.11 bits per heavy atom. The van der Waals surface area contributed by atoms with E-state index in [0.29, 0.717) is 19.4 Å². The molecular formula is C21H28ClNO4. The molecule has 1 spiro atoms. The van der Waals surface area contributed by atoms with E-state index in [1.165, 1.54) is 0 Å². The van der Waals surface area contributed by atoms with Crippen LogP contribution in [0.2, 0.25) is 0 Å². The van der Waals surface area contributed by atoms with Crippen LogP contribution in [0, 0.1) is 5.92 Å². The van der Waals surface area contributed by atoms with Crippen LogP contribution in [0.3, 0.4) is 0 Å². The van der Waals surface area contributed by atoms with Crippen molar-refractivity contribution in [2.24, 2.45) is 5.92 Å². The van der Waals surface area contributed by atoms with Crippen molar-refractivity contribution in [3.63, 3.8) is 0 Å². The van der Waals surface area contributed by atoms with Gasteiger partial charge in [0.05, 0.1) is 18.5 Å². The molecule has 2 bridgehead atoms. The third-order valence-corrected chi connectivity index (χ3v) is 7.73. The van der Waals surface area contributed by atoms with Crippen molar-refractivity contribution in [3.05, 3.63) is 23.3 Å². The van der Waals surface area contributed by atoms with Gasteiger partial charge in [0, 0.05) is 20.8 Å². The Hall–Kier alpha value is -1.01. The van der Waals surface area contributed by atoms with E-state index in [2.05, 4.69) is 0 Å². The fraction of sp³-hybridized carbons (Fsp3) is 0.714. The number of nitrogens with zero attached hydrogens (tertiary/aromatic N) is 1. The average Bonchev–Trinajstić information content (AvgIpc) is 2.94. The number of ether oxygens (including phenoxy) is 1. The van der Waals surface area contributed by atoms with E-state index in [0.717, 1.165) is 30.4 Å². The van der Waals surface area contributed by atoms with Gasteiger partial charge in [-0.15, -0.1) is 12.4 Å². The molecule has 148 valence electrons. The number of phenolic OH excluding ortho intramolecular Hbond substituents is 1. The molecule has 3 fully saturated rings. The molecule has 3 N–H and O–H groups in total. The number of benzene rings is 1. The quantitative estimate of drug-likeness (QED) is 0.714. The first kappa shape index (κ1) is 14.9. The van der Waals surface area contributed by atoms with Crippen molar-refractivity contribution >= 4 is 12.4 Å². The molecule has 0 unspecified atom stereocenters. The summed E-state index contributed by atoms with van der Waals surface area (Å²) in [6, 6.07) is 2.95. The number of aliphatic hydroxyl groups is 2. The molecule has 6 heteroatoms. The van der Waals surface area contributed by atoms with Gasteiger partial charge in [-0.3, -0.25) is 4.90 Å². The van der Waals surface area contributed by atoms with E-state index >= 15 is 0 Å². The van der Waals surface area contributed by atoms with E-state index in [-0.39, 0.29) is 42.7 Å². The molecule has 2 saturated carbocycles. The number of rotatable bonds is 2. The minimum Gasteiger partial charge on any atom is -0.504 e. The Morgan fingerprint density at radius 1 is 1.30 bits per heavy atom. The second-order valence-electron chi connectivity index (χ2n) is 8.75. The maximum Gasteiger partial charge on any atom is 0.165 e. The number of hydrogen-bond donors (Lipinski definition) is 3. The number of halogens is 1. The van der Waals surface area contributed by atoms with E-state index in [1.54, 1.807) is 6.07 Å². The van der Waals surface area contributed by atoms with Gasteiger partial charge >= 0.3 is 0 Å². The van der Waals surface area contributed by atoms with Gasteiger partial charge in [-0.05, 0) is 62.6 Å². The Labute approximate surface area is 170 Å². The standard InChI is InChI=1S/C21H27NO4.ClH/c23-14-5-4-13-10-16-21(25)7-6-15(24)19-20(21,17(13)18(14)26-19)8-9-22(16)11-12-2-1-3-12;/h4-5,12,15-16,19,23-25H,1-3,6-11H2;1H/t15-,16-,19+,20+,21-;/m1./s1/i11D2,15D;. The highest BCUT2D eigenvalue weighted by Crippen LogP contribution is 2.65. The summed E-state index contributed by atoms with van der Waals surface area (Å²) in [4.78, 5) is 1.86. The zero-order valence-corrected chi connectivity index (χ0v) is 16.0. The monoisotopic (exact) mass is 396 g/mol. The summed E-state index contributed by atoms with van der Waals surface area (Å²) in [7, 11) is 0. The van der Waals surface area contributed by atoms with Crippen LogP contribution in [0.4, 0.5) is 0 Å². The fourth-order valence-electron chi connectivity index (χ4n) is 6.27. The molecule has 5 aliphatic rings. The lowest BCUT2D eigenvalue weighted by molar-refractivity contribution is -0.209. The molecule has 27 heavy (non-hydrogen) atoms. The lowest BCUT2D eigenvalue weighted by Crippen LogP contribution is -2.77. The van der Waals surface area contributed by atoms with Crippen molar-refractivity contribution in [1.82, 2.24) is 4.90 Å². The largest absolute Gasteiger partial charge is 0.504 e. The normalized spacial score (nSPS) is 46.8. The van der Waals surface area contributed by atoms with Crippen LogP contribution in [0.5, 0.6) is 11.5 Å². The average molecular weight is 397 g/mol. The van der Waals surface area contributed by atoms with E-state index in [4.69, 9.17) is 8.85 Å². The lowest BCUT2D eigenvalue weighted by Gasteiger charge is -2.64. The second kappa shape index (κ2) is 5.76. The molecule has 0 radical (unpaired) electrons. The lowest BCUT2D eigenvalue weighted by atomic mass is 9.48. The summed E-state index contributed by atoms with van der Waals surface area (Å²) in [5.41, 5.74) is -0.663. The van der Waals surface area contributed by atoms with Gasteiger partial charge in [0.15, 0.2) is 11.5 Å². The maximum absolute atomic E-state index is 12.2. The molecule has 3 aliphatic carbocycles. The van der Waals surface area contributed by atoms with Crippen molar-refractivity contribution in [2.75, 3.05) is 13.0 Å². The van der Waals surface area contributed by atoms with Crippen LogP contribution < -0.4 is 4.74 Å². The van der Waals surface area contributed by atoms with E-state index in [9.17, 15) is 15.3 Å². The van der Waals surface area contributed by atoms with Gasteiger partial charge in [0.2, 0.25) is 0 Å². The predicted octanol–water partition coefficient (Wildman–Crippen LogP) is 2.13. The second-order valence-corrected chi connectivity index (χ2v) is 8.75. The van der Waals surface area contributed by atoms with E-state index in [1.807, 2.05) is 11.0 Å². The molecule has 6 rings (SSSR count). The van der Waals surface area contributed by atoms with Gasteiger partial charge < -0.3 is 20.1 Å². The molecule has 1 aromatic rings. The highest BCUT2D eigenvalue weighted by molar-refractivity contribution is 5.85. The van der Waals surface area contributed by atoms with Crippen molar-refractivity contribution < 1.29 is 24.2 Å². The summed E-state index contributed by atoms with van der Waals surface area (Å²) in [5, 5.41) is 33.5. The summed E-state index contributed by atoms with van der Waals surface area (Å²) < 4.78 is 32.3. The van der Waals surface area contributed by atoms with Gasteiger partial charge in [0.25, 0.3) is 0 Å². The van der Waals surface area contributed by atoms with Gasteiger partial charge in [-0.2, -0.15) is 0 Å². The predicted molar refractivity (Wildman–Crippen MR) is 103 cm³/mol. The zero-order chi connectivity index (χ0) is 20.4. The van der Waals surface area contributed by atoms with Gasteiger partial charge in [0.1, 0.15) is 6.10 Å². The van der Waals surface area contributed by atoms with Crippen LogP contribution >= 0.6 is 12.4 Å². The Morgan fingerprint density at radius 3 is 2.85 bits per heavy atom. The molecular weight excluding hydrogens is 366 g/mol. The zero-order valence-electron chi connectivity index (χ0n) is 18.1. The topological polar surface area (TPSA) is 73.2 Å². The van der Waals surface area contributed by atoms with Crippen molar-refractivity contribution in [1.29, 1.82) is 0 Å². The van der Waals surface area contributed by atoms with E-state index < -0.39 is 35.7 Å². The van der Waals surface area contributed by atoms with Crippen LogP contribution in [-0.4, -0.2) is 57.1 Å². The minimum absolute atomic E-state index is 0. The molecule has 2 heterocycles. The van der Waals surface area contributed by atoms with Crippen LogP contribution in [0.1, 0.15) is 53.8 Å². The molecule has 1 aromatic carbocycles. The fourth-order valence-corrected chi connectivity index (χ4v) is 6.27. The first-order valence-corrected chi connectivity index (χ1v) is 9.86. The number of likely N-dealkylation sites (tertiary alicyclic amines) is 1. The molecule has 1 saturated heterocycles. The molecule has 0 aromatic heterocycles. The third kappa shape index (κ3) is 2.01. The Balaban J connectivity index is 0.00000193. The number of hydrogen-bond acceptors (Lipinski definition) is 5. The SMILES string of the molecule is Cl.[2H]C([2H])(C1CCC1)N1CC[C@]23c4c5ccc(O)c4O[C@H]2[C@]([2H])(O)CC[C@@]3(O)[C@H]1C5. The van der Waals surface area contributed by atoms with Crippen LogP contribution in [0.15, 0.2) is 12.1 Å². The molecule has 5 nitrogen and oxygen atoms in total.